The van der Waals surface area contributed by atoms with Gasteiger partial charge in [-0.05, 0) is 38.1 Å². The molecule has 0 radical (unpaired) electrons. The first-order valence-corrected chi connectivity index (χ1v) is 9.91. The number of hydrogen-bond donors (Lipinski definition) is 0. The Kier molecular flexibility index (Phi) is 4.57. The summed E-state index contributed by atoms with van der Waals surface area (Å²) in [6, 6.07) is 7.87. The van der Waals surface area contributed by atoms with Gasteiger partial charge < -0.3 is 9.80 Å². The van der Waals surface area contributed by atoms with Crippen LogP contribution in [0.5, 0.6) is 0 Å². The maximum atomic E-state index is 13.2. The molecule has 1 saturated heterocycles. The van der Waals surface area contributed by atoms with E-state index < -0.39 is 0 Å². The Balaban J connectivity index is 1.32. The van der Waals surface area contributed by atoms with Crippen molar-refractivity contribution in [3.05, 3.63) is 59.8 Å². The molecule has 1 aromatic carbocycles. The molecule has 5 rings (SSSR count). The molecule has 4 aromatic rings. The van der Waals surface area contributed by atoms with E-state index in [1.807, 2.05) is 13.0 Å². The number of carbonyl (C=O) groups is 1. The maximum absolute atomic E-state index is 13.2. The number of piperazine rings is 1. The van der Waals surface area contributed by atoms with Crippen LogP contribution < -0.4 is 4.90 Å². The first-order valence-electron chi connectivity index (χ1n) is 9.91. The Morgan fingerprint density at radius 3 is 2.52 bits per heavy atom. The van der Waals surface area contributed by atoms with Crippen molar-refractivity contribution in [1.29, 1.82) is 0 Å². The number of amides is 1. The van der Waals surface area contributed by atoms with E-state index in [4.69, 9.17) is 0 Å². The molecular weight excluding hydrogens is 401 g/mol. The molecule has 0 N–H and O–H groups in total. The van der Waals surface area contributed by atoms with Crippen LogP contribution in [0.4, 0.5) is 10.2 Å². The molecule has 31 heavy (non-hydrogen) atoms. The molecule has 1 fully saturated rings. The highest BCUT2D eigenvalue weighted by Gasteiger charge is 2.27. The third-order valence-electron chi connectivity index (χ3n) is 5.28. The lowest BCUT2D eigenvalue weighted by Crippen LogP contribution is -2.49. The Labute approximate surface area is 177 Å². The van der Waals surface area contributed by atoms with E-state index in [9.17, 15) is 9.18 Å². The average Bonchev–Trinajstić information content (AvgIpc) is 3.40. The number of aryl methyl sites for hydroxylation is 2. The van der Waals surface area contributed by atoms with Gasteiger partial charge in [-0.25, -0.2) is 19.0 Å². The van der Waals surface area contributed by atoms with Crippen LogP contribution in [0.25, 0.3) is 11.5 Å². The van der Waals surface area contributed by atoms with Crippen LogP contribution in [0.2, 0.25) is 0 Å². The smallest absolute Gasteiger partial charge is 0.293 e. The highest BCUT2D eigenvalue weighted by Crippen LogP contribution is 2.19. The fourth-order valence-corrected chi connectivity index (χ4v) is 3.72. The number of hydrogen-bond acceptors (Lipinski definition) is 7. The van der Waals surface area contributed by atoms with E-state index in [0.717, 1.165) is 11.5 Å². The summed E-state index contributed by atoms with van der Waals surface area (Å²) in [7, 11) is 0. The van der Waals surface area contributed by atoms with Gasteiger partial charge in [0.25, 0.3) is 11.7 Å². The predicted octanol–water partition coefficient (Wildman–Crippen LogP) is 1.42. The van der Waals surface area contributed by atoms with Crippen LogP contribution in [-0.4, -0.2) is 71.3 Å². The van der Waals surface area contributed by atoms with Gasteiger partial charge >= 0.3 is 0 Å². The molecule has 1 aliphatic heterocycles. The Morgan fingerprint density at radius 1 is 1.03 bits per heavy atom. The van der Waals surface area contributed by atoms with Gasteiger partial charge in [-0.1, -0.05) is 0 Å². The SMILES string of the molecule is Cc1cc(N2CCN(C(=O)c3nc(C)n(-c4ccc(F)cc4)n3)CC2)n2ncnc2n1. The minimum Gasteiger partial charge on any atom is -0.353 e. The van der Waals surface area contributed by atoms with Crippen LogP contribution >= 0.6 is 0 Å². The first kappa shape index (κ1) is 19.1. The van der Waals surface area contributed by atoms with Crippen LogP contribution in [0.3, 0.4) is 0 Å². The van der Waals surface area contributed by atoms with Crippen molar-refractivity contribution in [2.75, 3.05) is 31.1 Å². The fourth-order valence-electron chi connectivity index (χ4n) is 3.72. The first-order chi connectivity index (χ1) is 15.0. The molecule has 10 nitrogen and oxygen atoms in total. The number of benzene rings is 1. The molecule has 11 heteroatoms. The maximum Gasteiger partial charge on any atom is 0.293 e. The van der Waals surface area contributed by atoms with Gasteiger partial charge in [0.15, 0.2) is 0 Å². The van der Waals surface area contributed by atoms with E-state index in [0.29, 0.717) is 43.5 Å². The quantitative estimate of drug-likeness (QED) is 0.494. The summed E-state index contributed by atoms with van der Waals surface area (Å²) in [5.41, 5.74) is 1.51. The molecule has 0 bridgehead atoms. The van der Waals surface area contributed by atoms with Crippen molar-refractivity contribution in [3.8, 4) is 5.69 Å². The zero-order valence-electron chi connectivity index (χ0n) is 17.1. The summed E-state index contributed by atoms with van der Waals surface area (Å²) in [6.45, 7) is 6.02. The summed E-state index contributed by atoms with van der Waals surface area (Å²) >= 11 is 0. The molecule has 4 heterocycles. The van der Waals surface area contributed by atoms with E-state index in [1.165, 1.54) is 18.5 Å². The number of fused-ring (bicyclic) bond motifs is 1. The van der Waals surface area contributed by atoms with Gasteiger partial charge in [0, 0.05) is 37.9 Å². The number of nitrogens with zero attached hydrogens (tertiary/aromatic N) is 9. The number of rotatable bonds is 3. The number of aromatic nitrogens is 7. The van der Waals surface area contributed by atoms with Gasteiger partial charge in [0.1, 0.15) is 23.8 Å². The van der Waals surface area contributed by atoms with E-state index in [2.05, 4.69) is 30.0 Å². The Morgan fingerprint density at radius 2 is 1.77 bits per heavy atom. The molecule has 0 saturated carbocycles. The van der Waals surface area contributed by atoms with Crippen molar-refractivity contribution in [3.63, 3.8) is 0 Å². The minimum atomic E-state index is -0.330. The lowest BCUT2D eigenvalue weighted by atomic mass is 10.3. The Bertz CT molecular complexity index is 1260. The summed E-state index contributed by atoms with van der Waals surface area (Å²) < 4.78 is 16.5. The Hall–Kier alpha value is -3.89. The summed E-state index contributed by atoms with van der Waals surface area (Å²) in [6.07, 6.45) is 1.48. The molecule has 1 amide bonds. The van der Waals surface area contributed by atoms with Gasteiger partial charge in [-0.2, -0.15) is 14.6 Å². The molecule has 0 spiro atoms. The van der Waals surface area contributed by atoms with E-state index in [-0.39, 0.29) is 17.5 Å². The molecule has 158 valence electrons. The van der Waals surface area contributed by atoms with Crippen molar-refractivity contribution in [1.82, 2.24) is 39.2 Å². The van der Waals surface area contributed by atoms with Crippen molar-refractivity contribution < 1.29 is 9.18 Å². The zero-order chi connectivity index (χ0) is 21.5. The van der Waals surface area contributed by atoms with E-state index >= 15 is 0 Å². The third kappa shape index (κ3) is 3.47. The lowest BCUT2D eigenvalue weighted by Gasteiger charge is -2.35. The summed E-state index contributed by atoms with van der Waals surface area (Å²) in [4.78, 5) is 29.8. The molecule has 0 atom stereocenters. The van der Waals surface area contributed by atoms with Crippen LogP contribution in [0, 0.1) is 19.7 Å². The largest absolute Gasteiger partial charge is 0.353 e. The fraction of sp³-hybridized carbons (Fsp3) is 0.300. The van der Waals surface area contributed by atoms with Gasteiger partial charge in [0.05, 0.1) is 5.69 Å². The normalized spacial score (nSPS) is 14.4. The monoisotopic (exact) mass is 421 g/mol. The van der Waals surface area contributed by atoms with Crippen molar-refractivity contribution >= 4 is 17.5 Å². The second-order valence-electron chi connectivity index (χ2n) is 7.38. The zero-order valence-corrected chi connectivity index (χ0v) is 17.1. The van der Waals surface area contributed by atoms with Gasteiger partial charge in [0.2, 0.25) is 5.82 Å². The predicted molar refractivity (Wildman–Crippen MR) is 110 cm³/mol. The highest BCUT2D eigenvalue weighted by atomic mass is 19.1. The summed E-state index contributed by atoms with van der Waals surface area (Å²) in [5, 5.41) is 8.61. The van der Waals surface area contributed by atoms with Crippen molar-refractivity contribution in [2.24, 2.45) is 0 Å². The number of halogens is 1. The molecule has 1 aliphatic rings. The van der Waals surface area contributed by atoms with Crippen LogP contribution in [-0.2, 0) is 0 Å². The van der Waals surface area contributed by atoms with Crippen LogP contribution in [0.1, 0.15) is 22.1 Å². The molecule has 3 aromatic heterocycles. The third-order valence-corrected chi connectivity index (χ3v) is 5.28. The van der Waals surface area contributed by atoms with E-state index in [1.54, 1.807) is 33.2 Å². The summed E-state index contributed by atoms with van der Waals surface area (Å²) in [5.74, 6) is 1.60. The van der Waals surface area contributed by atoms with Gasteiger partial charge in [-0.3, -0.25) is 4.79 Å². The minimum absolute atomic E-state index is 0.133. The number of carbonyl (C=O) groups excluding carboxylic acids is 1. The molecule has 0 aliphatic carbocycles. The molecular formula is C20H20FN9O. The lowest BCUT2D eigenvalue weighted by molar-refractivity contribution is 0.0734. The van der Waals surface area contributed by atoms with Crippen LogP contribution in [0.15, 0.2) is 36.7 Å². The van der Waals surface area contributed by atoms with Crippen molar-refractivity contribution in [2.45, 2.75) is 13.8 Å². The number of anilines is 1. The average molecular weight is 421 g/mol. The second kappa shape index (κ2) is 7.42. The topological polar surface area (TPSA) is 97.3 Å². The molecule has 0 unspecified atom stereocenters. The standard InChI is InChI=1S/C20H20FN9O/c1-13-11-17(30-20(24-13)22-12-23-30)27-7-9-28(10-8-27)19(31)18-25-14(2)29(26-18)16-5-3-15(21)4-6-16/h3-6,11-12H,7-10H2,1-2H3. The highest BCUT2D eigenvalue weighted by molar-refractivity contribution is 5.90. The van der Waals surface area contributed by atoms with Gasteiger partial charge in [-0.15, -0.1) is 5.10 Å². The second-order valence-corrected chi connectivity index (χ2v) is 7.38.